The first kappa shape index (κ1) is 37.0. The van der Waals surface area contributed by atoms with Crippen molar-refractivity contribution in [1.29, 1.82) is 5.26 Å². The average Bonchev–Trinajstić information content (AvgIpc) is 3.70. The second-order valence-electron chi connectivity index (χ2n) is 16.1. The van der Waals surface area contributed by atoms with E-state index in [4.69, 9.17) is 15.0 Å². The van der Waals surface area contributed by atoms with Gasteiger partial charge in [0.25, 0.3) is 0 Å². The molecular formula is C60H36N4. The number of fused-ring (bicyclic) bond motifs is 4. The molecule has 0 radical (unpaired) electrons. The Kier molecular flexibility index (Phi) is 8.84. The molecule has 1 heterocycles. The summed E-state index contributed by atoms with van der Waals surface area (Å²) in [7, 11) is 0. The van der Waals surface area contributed by atoms with Crippen LogP contribution < -0.4 is 0 Å². The third-order valence-electron chi connectivity index (χ3n) is 12.6. The monoisotopic (exact) mass is 812 g/mol. The third-order valence-corrected chi connectivity index (χ3v) is 12.6. The molecule has 0 bridgehead atoms. The molecule has 4 nitrogen and oxygen atoms in total. The van der Waals surface area contributed by atoms with Gasteiger partial charge in [0.05, 0.1) is 5.56 Å². The van der Waals surface area contributed by atoms with Crippen molar-refractivity contribution in [3.8, 4) is 107 Å². The lowest BCUT2D eigenvalue weighted by Crippen LogP contribution is -2.01. The molecule has 0 N–H and O–H groups in total. The van der Waals surface area contributed by atoms with Crippen molar-refractivity contribution in [1.82, 2.24) is 15.0 Å². The van der Waals surface area contributed by atoms with E-state index >= 15 is 0 Å². The Labute approximate surface area is 371 Å². The predicted molar refractivity (Wildman–Crippen MR) is 262 cm³/mol. The highest BCUT2D eigenvalue weighted by Gasteiger charge is 2.24. The molecule has 0 unspecified atom stereocenters. The zero-order chi connectivity index (χ0) is 42.6. The van der Waals surface area contributed by atoms with E-state index in [0.717, 1.165) is 61.2 Å². The molecular weight excluding hydrogens is 777 g/mol. The zero-order valence-corrected chi connectivity index (χ0v) is 34.6. The molecule has 0 aliphatic heterocycles. The van der Waals surface area contributed by atoms with Gasteiger partial charge in [0.15, 0.2) is 17.5 Å². The van der Waals surface area contributed by atoms with E-state index in [-0.39, 0.29) is 0 Å². The Bertz CT molecular complexity index is 3660. The summed E-state index contributed by atoms with van der Waals surface area (Å²) in [6.45, 7) is 0. The summed E-state index contributed by atoms with van der Waals surface area (Å²) in [6, 6.07) is 78.5. The molecule has 11 aromatic rings. The van der Waals surface area contributed by atoms with Crippen LogP contribution in [0.2, 0.25) is 0 Å². The topological polar surface area (TPSA) is 62.5 Å². The van der Waals surface area contributed by atoms with E-state index in [0.29, 0.717) is 23.0 Å². The van der Waals surface area contributed by atoms with Crippen molar-refractivity contribution in [2.24, 2.45) is 0 Å². The summed E-state index contributed by atoms with van der Waals surface area (Å²) >= 11 is 0. The van der Waals surface area contributed by atoms with Crippen LogP contribution in [0.15, 0.2) is 218 Å². The number of benzene rings is 10. The minimum absolute atomic E-state index is 0.526. The van der Waals surface area contributed by atoms with Gasteiger partial charge in [-0.3, -0.25) is 0 Å². The van der Waals surface area contributed by atoms with Crippen molar-refractivity contribution in [2.75, 3.05) is 0 Å². The Morgan fingerprint density at radius 1 is 0.281 bits per heavy atom. The molecule has 1 aliphatic carbocycles. The van der Waals surface area contributed by atoms with E-state index in [9.17, 15) is 5.26 Å². The van der Waals surface area contributed by atoms with Gasteiger partial charge in [-0.2, -0.15) is 5.26 Å². The molecule has 296 valence electrons. The Morgan fingerprint density at radius 2 is 0.703 bits per heavy atom. The molecule has 0 spiro atoms. The molecule has 1 aromatic heterocycles. The SMILES string of the molecule is N#Cc1c(-c2ccccc2-c2nc(-c3ccccc3)nc(-c3cccc(-c4cccc5ccccc45)c3)n2)cccc1-c1ccccc1-c1ccc2c3c(cccc13)-c1ccccc1-2. The first-order chi connectivity index (χ1) is 31.7. The van der Waals surface area contributed by atoms with E-state index in [1.165, 1.54) is 43.8 Å². The minimum Gasteiger partial charge on any atom is -0.208 e. The van der Waals surface area contributed by atoms with Crippen LogP contribution in [0, 0.1) is 11.3 Å². The van der Waals surface area contributed by atoms with Gasteiger partial charge in [-0.05, 0) is 83.2 Å². The van der Waals surface area contributed by atoms with Crippen LogP contribution in [-0.4, -0.2) is 15.0 Å². The van der Waals surface area contributed by atoms with Gasteiger partial charge in [-0.15, -0.1) is 0 Å². The summed E-state index contributed by atoms with van der Waals surface area (Å²) in [6.07, 6.45) is 0. The van der Waals surface area contributed by atoms with Gasteiger partial charge in [-0.25, -0.2) is 15.0 Å². The normalized spacial score (nSPS) is 11.4. The van der Waals surface area contributed by atoms with Crippen molar-refractivity contribution >= 4 is 21.5 Å². The lowest BCUT2D eigenvalue weighted by Gasteiger charge is -2.17. The smallest absolute Gasteiger partial charge is 0.164 e. The van der Waals surface area contributed by atoms with Crippen LogP contribution in [0.1, 0.15) is 5.56 Å². The number of aromatic nitrogens is 3. The molecule has 1 aliphatic rings. The highest BCUT2D eigenvalue weighted by molar-refractivity contribution is 6.19. The first-order valence-electron chi connectivity index (χ1n) is 21.5. The Hall–Kier alpha value is -8.78. The van der Waals surface area contributed by atoms with E-state index in [1.54, 1.807) is 0 Å². The average molecular weight is 813 g/mol. The minimum atomic E-state index is 0.526. The number of nitrogens with zero attached hydrogens (tertiary/aromatic N) is 4. The predicted octanol–water partition coefficient (Wildman–Crippen LogP) is 15.4. The van der Waals surface area contributed by atoms with Gasteiger partial charge in [-0.1, -0.05) is 212 Å². The fourth-order valence-corrected chi connectivity index (χ4v) is 9.68. The number of hydrogen-bond acceptors (Lipinski definition) is 4. The van der Waals surface area contributed by atoms with Crippen LogP contribution in [0.25, 0.3) is 122 Å². The first-order valence-corrected chi connectivity index (χ1v) is 21.5. The van der Waals surface area contributed by atoms with Crippen molar-refractivity contribution in [3.63, 3.8) is 0 Å². The molecule has 0 saturated heterocycles. The standard InChI is InChI=1S/C60H36N4/c61-37-56-49(44-23-6-7-24-45(44)51-34-35-54-47-26-9-8-25-46(47)52-32-15-33-53(51)57(52)54)30-14-31-50(56)48-27-10-11-28-55(48)60-63-58(39-17-2-1-3-18-39)62-59(64-60)41-21-12-20-40(36-41)43-29-13-19-38-16-4-5-22-42(38)43/h1-36H. The van der Waals surface area contributed by atoms with Gasteiger partial charge in [0, 0.05) is 27.8 Å². The molecule has 0 atom stereocenters. The summed E-state index contributed by atoms with van der Waals surface area (Å²) in [5.41, 5.74) is 16.2. The highest BCUT2D eigenvalue weighted by atomic mass is 15.0. The highest BCUT2D eigenvalue weighted by Crippen LogP contribution is 2.50. The fraction of sp³-hybridized carbons (Fsp3) is 0. The number of hydrogen-bond donors (Lipinski definition) is 0. The van der Waals surface area contributed by atoms with Gasteiger partial charge >= 0.3 is 0 Å². The molecule has 12 rings (SSSR count). The molecule has 64 heavy (non-hydrogen) atoms. The van der Waals surface area contributed by atoms with Crippen LogP contribution in [0.4, 0.5) is 0 Å². The fourth-order valence-electron chi connectivity index (χ4n) is 9.68. The van der Waals surface area contributed by atoms with Gasteiger partial charge < -0.3 is 0 Å². The third kappa shape index (κ3) is 6.10. The quantitative estimate of drug-likeness (QED) is 0.161. The molecule has 4 heteroatoms. The largest absolute Gasteiger partial charge is 0.208 e. The number of nitriles is 1. The lowest BCUT2D eigenvalue weighted by molar-refractivity contribution is 1.07. The van der Waals surface area contributed by atoms with Crippen LogP contribution in [-0.2, 0) is 0 Å². The second-order valence-corrected chi connectivity index (χ2v) is 16.1. The van der Waals surface area contributed by atoms with Crippen LogP contribution >= 0.6 is 0 Å². The maximum absolute atomic E-state index is 11.2. The lowest BCUT2D eigenvalue weighted by atomic mass is 9.86. The molecule has 10 aromatic carbocycles. The van der Waals surface area contributed by atoms with Crippen LogP contribution in [0.3, 0.4) is 0 Å². The Balaban J connectivity index is 1.01. The van der Waals surface area contributed by atoms with E-state index in [1.807, 2.05) is 54.6 Å². The van der Waals surface area contributed by atoms with Crippen molar-refractivity contribution in [2.45, 2.75) is 0 Å². The van der Waals surface area contributed by atoms with Crippen molar-refractivity contribution < 1.29 is 0 Å². The van der Waals surface area contributed by atoms with E-state index in [2.05, 4.69) is 170 Å². The maximum atomic E-state index is 11.2. The summed E-state index contributed by atoms with van der Waals surface area (Å²) in [5.74, 6) is 1.67. The summed E-state index contributed by atoms with van der Waals surface area (Å²) < 4.78 is 0. The second kappa shape index (κ2) is 15.3. The number of rotatable bonds is 7. The van der Waals surface area contributed by atoms with Gasteiger partial charge in [0.1, 0.15) is 6.07 Å². The zero-order valence-electron chi connectivity index (χ0n) is 34.6. The molecule has 0 saturated carbocycles. The van der Waals surface area contributed by atoms with E-state index < -0.39 is 0 Å². The summed E-state index contributed by atoms with van der Waals surface area (Å²) in [4.78, 5) is 15.5. The van der Waals surface area contributed by atoms with Crippen molar-refractivity contribution in [3.05, 3.63) is 224 Å². The Morgan fingerprint density at radius 3 is 1.44 bits per heavy atom. The van der Waals surface area contributed by atoms with Crippen LogP contribution in [0.5, 0.6) is 0 Å². The maximum Gasteiger partial charge on any atom is 0.164 e. The van der Waals surface area contributed by atoms with Gasteiger partial charge in [0.2, 0.25) is 0 Å². The molecule has 0 fully saturated rings. The molecule has 0 amide bonds. The summed E-state index contributed by atoms with van der Waals surface area (Å²) in [5, 5.41) is 16.0.